The van der Waals surface area contributed by atoms with Gasteiger partial charge in [-0.25, -0.2) is 4.79 Å². The van der Waals surface area contributed by atoms with E-state index in [1.807, 2.05) is 54.6 Å². The smallest absolute Gasteiger partial charge is 0.408 e. The van der Waals surface area contributed by atoms with Gasteiger partial charge >= 0.3 is 5.76 Å². The van der Waals surface area contributed by atoms with Crippen molar-refractivity contribution in [1.82, 2.24) is 9.88 Å². The average molecular weight is 370 g/mol. The van der Waals surface area contributed by atoms with E-state index in [0.29, 0.717) is 11.1 Å². The van der Waals surface area contributed by atoms with Gasteiger partial charge in [0.25, 0.3) is 0 Å². The van der Waals surface area contributed by atoms with Crippen LogP contribution in [0.4, 0.5) is 0 Å². The minimum atomic E-state index is -0.439. The van der Waals surface area contributed by atoms with Gasteiger partial charge in [0.05, 0.1) is 11.6 Å². The molecule has 28 heavy (non-hydrogen) atoms. The molecule has 0 atom stereocenters. The molecule has 0 radical (unpaired) electrons. The fraction of sp³-hybridized carbons (Fsp3) is 0.130. The maximum Gasteiger partial charge on any atom is 0.419 e. The number of benzene rings is 3. The molecule has 0 unspecified atom stereocenters. The Labute approximate surface area is 161 Å². The summed E-state index contributed by atoms with van der Waals surface area (Å²) in [7, 11) is 0. The first-order valence-electron chi connectivity index (χ1n) is 9.28. The number of hydrogen-bond donors (Lipinski definition) is 1. The predicted molar refractivity (Wildman–Crippen MR) is 107 cm³/mol. The fourth-order valence-electron chi connectivity index (χ4n) is 3.98. The van der Waals surface area contributed by atoms with E-state index in [-0.39, 0.29) is 24.9 Å². The standard InChI is InChI=1S/C23H18N2O3/c26-21(13-14-25-19-11-5-6-12-20(19)28-23(25)27)24-22-17-9-3-1-7-15(17)16-8-2-4-10-18(16)22/h1-12,22H,13-14H2,(H,24,26). The molecule has 1 amide bonds. The zero-order valence-electron chi connectivity index (χ0n) is 15.1. The third kappa shape index (κ3) is 2.63. The van der Waals surface area contributed by atoms with Crippen LogP contribution in [0.3, 0.4) is 0 Å². The summed E-state index contributed by atoms with van der Waals surface area (Å²) >= 11 is 0. The van der Waals surface area contributed by atoms with Crippen molar-refractivity contribution >= 4 is 17.0 Å². The number of oxazole rings is 1. The Morgan fingerprint density at radius 3 is 2.21 bits per heavy atom. The Hall–Kier alpha value is -3.60. The van der Waals surface area contributed by atoms with Crippen LogP contribution in [0.25, 0.3) is 22.2 Å². The second kappa shape index (κ2) is 6.53. The van der Waals surface area contributed by atoms with Gasteiger partial charge in [0.15, 0.2) is 5.58 Å². The quantitative estimate of drug-likeness (QED) is 0.593. The van der Waals surface area contributed by atoms with Crippen LogP contribution in [0, 0.1) is 0 Å². The summed E-state index contributed by atoms with van der Waals surface area (Å²) < 4.78 is 6.74. The van der Waals surface area contributed by atoms with Crippen LogP contribution in [-0.4, -0.2) is 10.5 Å². The molecule has 1 aliphatic carbocycles. The topological polar surface area (TPSA) is 64.2 Å². The van der Waals surface area contributed by atoms with Crippen LogP contribution in [0.5, 0.6) is 0 Å². The van der Waals surface area contributed by atoms with Crippen molar-refractivity contribution in [3.05, 3.63) is 94.5 Å². The fourth-order valence-corrected chi connectivity index (χ4v) is 3.98. The number of aromatic nitrogens is 1. The molecule has 0 bridgehead atoms. The number of nitrogens with one attached hydrogen (secondary N) is 1. The zero-order chi connectivity index (χ0) is 19.1. The molecule has 1 aliphatic rings. The number of hydrogen-bond acceptors (Lipinski definition) is 3. The van der Waals surface area contributed by atoms with Crippen LogP contribution in [-0.2, 0) is 11.3 Å². The lowest BCUT2D eigenvalue weighted by atomic mass is 10.1. The van der Waals surface area contributed by atoms with Gasteiger partial charge in [-0.3, -0.25) is 9.36 Å². The van der Waals surface area contributed by atoms with Gasteiger partial charge in [-0.15, -0.1) is 0 Å². The molecule has 1 N–H and O–H groups in total. The van der Waals surface area contributed by atoms with E-state index in [1.165, 1.54) is 4.57 Å². The minimum Gasteiger partial charge on any atom is -0.408 e. The Balaban J connectivity index is 1.38. The second-order valence-corrected chi connectivity index (χ2v) is 6.91. The highest BCUT2D eigenvalue weighted by Crippen LogP contribution is 2.42. The molecule has 5 nitrogen and oxygen atoms in total. The van der Waals surface area contributed by atoms with Crippen molar-refractivity contribution in [2.24, 2.45) is 0 Å². The first-order chi connectivity index (χ1) is 13.7. The number of para-hydroxylation sites is 2. The summed E-state index contributed by atoms with van der Waals surface area (Å²) in [6.07, 6.45) is 0.199. The minimum absolute atomic E-state index is 0.103. The summed E-state index contributed by atoms with van der Waals surface area (Å²) in [5.74, 6) is -0.542. The lowest BCUT2D eigenvalue weighted by molar-refractivity contribution is -0.121. The van der Waals surface area contributed by atoms with Gasteiger partial charge in [-0.05, 0) is 34.4 Å². The molecule has 1 heterocycles. The third-order valence-corrected chi connectivity index (χ3v) is 5.28. The van der Waals surface area contributed by atoms with Crippen molar-refractivity contribution in [3.63, 3.8) is 0 Å². The van der Waals surface area contributed by atoms with E-state index < -0.39 is 5.76 Å². The molecule has 0 spiro atoms. The van der Waals surface area contributed by atoms with Crippen LogP contribution in [0.1, 0.15) is 23.6 Å². The van der Waals surface area contributed by atoms with E-state index in [1.54, 1.807) is 6.07 Å². The van der Waals surface area contributed by atoms with Crippen molar-refractivity contribution in [1.29, 1.82) is 0 Å². The Kier molecular flexibility index (Phi) is 3.86. The first-order valence-corrected chi connectivity index (χ1v) is 9.28. The monoisotopic (exact) mass is 370 g/mol. The summed E-state index contributed by atoms with van der Waals surface area (Å²) in [6, 6.07) is 23.3. The van der Waals surface area contributed by atoms with Crippen molar-refractivity contribution in [2.75, 3.05) is 0 Å². The molecule has 5 heteroatoms. The predicted octanol–water partition coefficient (Wildman–Crippen LogP) is 3.87. The van der Waals surface area contributed by atoms with Crippen molar-refractivity contribution < 1.29 is 9.21 Å². The van der Waals surface area contributed by atoms with Crippen molar-refractivity contribution in [3.8, 4) is 11.1 Å². The van der Waals surface area contributed by atoms with Crippen LogP contribution in [0.15, 0.2) is 82.0 Å². The van der Waals surface area contributed by atoms with E-state index in [0.717, 1.165) is 22.3 Å². The average Bonchev–Trinajstić information content (AvgIpc) is 3.21. The molecule has 0 saturated heterocycles. The van der Waals surface area contributed by atoms with Gasteiger partial charge in [0.2, 0.25) is 5.91 Å². The zero-order valence-corrected chi connectivity index (χ0v) is 15.1. The number of amides is 1. The number of fused-ring (bicyclic) bond motifs is 4. The van der Waals surface area contributed by atoms with Gasteiger partial charge in [-0.1, -0.05) is 60.7 Å². The highest BCUT2D eigenvalue weighted by molar-refractivity contribution is 5.83. The molecule has 0 aliphatic heterocycles. The van der Waals surface area contributed by atoms with Gasteiger partial charge in [-0.2, -0.15) is 0 Å². The Morgan fingerprint density at radius 2 is 1.50 bits per heavy atom. The lowest BCUT2D eigenvalue weighted by Crippen LogP contribution is -2.29. The van der Waals surface area contributed by atoms with E-state index in [9.17, 15) is 9.59 Å². The van der Waals surface area contributed by atoms with Gasteiger partial charge in [0, 0.05) is 13.0 Å². The molecule has 1 aromatic heterocycles. The number of carbonyl (C=O) groups is 1. The summed E-state index contributed by atoms with van der Waals surface area (Å²) in [5.41, 5.74) is 5.75. The maximum absolute atomic E-state index is 12.7. The normalized spacial score (nSPS) is 12.7. The molecule has 5 rings (SSSR count). The van der Waals surface area contributed by atoms with Gasteiger partial charge < -0.3 is 9.73 Å². The Bertz CT molecular complexity index is 1210. The van der Waals surface area contributed by atoms with Crippen LogP contribution in [0.2, 0.25) is 0 Å². The Morgan fingerprint density at radius 1 is 0.893 bits per heavy atom. The number of aryl methyl sites for hydroxylation is 1. The largest absolute Gasteiger partial charge is 0.419 e. The molecule has 4 aromatic rings. The maximum atomic E-state index is 12.7. The highest BCUT2D eigenvalue weighted by atomic mass is 16.4. The first kappa shape index (κ1) is 16.6. The van der Waals surface area contributed by atoms with Crippen molar-refractivity contribution in [2.45, 2.75) is 19.0 Å². The molecule has 0 fully saturated rings. The number of nitrogens with zero attached hydrogens (tertiary/aromatic N) is 1. The highest BCUT2D eigenvalue weighted by Gasteiger charge is 2.29. The summed E-state index contributed by atoms with van der Waals surface area (Å²) in [4.78, 5) is 24.8. The summed E-state index contributed by atoms with van der Waals surface area (Å²) in [6.45, 7) is 0.275. The molecule has 3 aromatic carbocycles. The number of carbonyl (C=O) groups excluding carboxylic acids is 1. The molecule has 0 saturated carbocycles. The van der Waals surface area contributed by atoms with Crippen LogP contribution >= 0.6 is 0 Å². The molecular formula is C23H18N2O3. The van der Waals surface area contributed by atoms with E-state index in [2.05, 4.69) is 17.4 Å². The second-order valence-electron chi connectivity index (χ2n) is 6.91. The van der Waals surface area contributed by atoms with E-state index >= 15 is 0 Å². The third-order valence-electron chi connectivity index (χ3n) is 5.28. The van der Waals surface area contributed by atoms with E-state index in [4.69, 9.17) is 4.42 Å². The molecular weight excluding hydrogens is 352 g/mol. The van der Waals surface area contributed by atoms with Gasteiger partial charge in [0.1, 0.15) is 0 Å². The lowest BCUT2D eigenvalue weighted by Gasteiger charge is -2.16. The number of rotatable bonds is 4. The SMILES string of the molecule is O=C(CCn1c(=O)oc2ccccc21)NC1c2ccccc2-c2ccccc21. The summed E-state index contributed by atoms with van der Waals surface area (Å²) in [5, 5.41) is 3.14. The van der Waals surface area contributed by atoms with Crippen LogP contribution < -0.4 is 11.1 Å². The molecule has 138 valence electrons.